The maximum absolute atomic E-state index is 9.69. The number of nitrogens with zero attached hydrogens (tertiary/aromatic N) is 2. The van der Waals surface area contributed by atoms with E-state index in [9.17, 15) is 5.11 Å². The lowest BCUT2D eigenvalue weighted by Crippen LogP contribution is -1.85. The summed E-state index contributed by atoms with van der Waals surface area (Å²) in [4.78, 5) is 4.05. The molecule has 0 saturated carbocycles. The van der Waals surface area contributed by atoms with Gasteiger partial charge in [-0.1, -0.05) is 6.07 Å². The fourth-order valence-electron chi connectivity index (χ4n) is 1.43. The number of hydrogen-bond acceptors (Lipinski definition) is 3. The van der Waals surface area contributed by atoms with Crippen LogP contribution in [-0.4, -0.2) is 10.1 Å². The Bertz CT molecular complexity index is 541. The second kappa shape index (κ2) is 3.00. The van der Waals surface area contributed by atoms with Gasteiger partial charge in [0.05, 0.1) is 5.56 Å². The van der Waals surface area contributed by atoms with Gasteiger partial charge in [-0.2, -0.15) is 5.26 Å². The zero-order valence-corrected chi connectivity index (χ0v) is 7.65. The molecule has 0 atom stereocenters. The summed E-state index contributed by atoms with van der Waals surface area (Å²) < 4.78 is 0. The fraction of sp³-hybridized carbons (Fsp3) is 0.0909. The van der Waals surface area contributed by atoms with Crippen molar-refractivity contribution in [2.75, 3.05) is 0 Å². The Balaban J connectivity index is 2.92. The zero-order chi connectivity index (χ0) is 10.1. The van der Waals surface area contributed by atoms with Crippen LogP contribution in [0.4, 0.5) is 0 Å². The van der Waals surface area contributed by atoms with Crippen molar-refractivity contribution in [1.29, 1.82) is 5.26 Å². The Hall–Kier alpha value is -2.08. The van der Waals surface area contributed by atoms with E-state index in [0.29, 0.717) is 5.52 Å². The molecule has 0 aliphatic rings. The highest BCUT2D eigenvalue weighted by atomic mass is 16.3. The number of aromatic hydroxyl groups is 1. The number of fused-ring (bicyclic) bond motifs is 1. The van der Waals surface area contributed by atoms with Gasteiger partial charge in [0.15, 0.2) is 5.75 Å². The summed E-state index contributed by atoms with van der Waals surface area (Å²) in [6.45, 7) is 1.94. The number of hydrogen-bond donors (Lipinski definition) is 1. The van der Waals surface area contributed by atoms with E-state index in [1.165, 1.54) is 0 Å². The summed E-state index contributed by atoms with van der Waals surface area (Å²) in [5, 5.41) is 19.3. The molecule has 0 aliphatic heterocycles. The second-order valence-electron chi connectivity index (χ2n) is 3.10. The largest absolute Gasteiger partial charge is 0.504 e. The molecule has 0 radical (unpaired) electrons. The molecule has 1 heterocycles. The van der Waals surface area contributed by atoms with E-state index < -0.39 is 0 Å². The highest BCUT2D eigenvalue weighted by Gasteiger charge is 2.07. The van der Waals surface area contributed by atoms with Gasteiger partial charge in [0, 0.05) is 11.6 Å². The average Bonchev–Trinajstić information content (AvgIpc) is 2.20. The first kappa shape index (κ1) is 8.52. The number of nitriles is 1. The van der Waals surface area contributed by atoms with E-state index in [-0.39, 0.29) is 11.3 Å². The number of benzene rings is 1. The van der Waals surface area contributed by atoms with Crippen molar-refractivity contribution in [1.82, 2.24) is 4.98 Å². The van der Waals surface area contributed by atoms with Crippen molar-refractivity contribution in [2.45, 2.75) is 6.92 Å². The van der Waals surface area contributed by atoms with Crippen LogP contribution in [0.2, 0.25) is 0 Å². The van der Waals surface area contributed by atoms with E-state index in [1.54, 1.807) is 18.3 Å². The lowest BCUT2D eigenvalue weighted by atomic mass is 10.1. The van der Waals surface area contributed by atoms with E-state index in [2.05, 4.69) is 4.98 Å². The molecule has 1 aromatic heterocycles. The first-order valence-corrected chi connectivity index (χ1v) is 4.21. The van der Waals surface area contributed by atoms with Gasteiger partial charge in [0.25, 0.3) is 0 Å². The zero-order valence-electron chi connectivity index (χ0n) is 7.65. The molecule has 0 aliphatic carbocycles. The molecule has 0 amide bonds. The van der Waals surface area contributed by atoms with Gasteiger partial charge < -0.3 is 5.11 Å². The molecule has 14 heavy (non-hydrogen) atoms. The van der Waals surface area contributed by atoms with Gasteiger partial charge in [0.2, 0.25) is 0 Å². The Morgan fingerprint density at radius 1 is 1.36 bits per heavy atom. The SMILES string of the molecule is Cc1ccnc2c(O)c(C#N)ccc12. The lowest BCUT2D eigenvalue weighted by molar-refractivity contribution is 0.478. The van der Waals surface area contributed by atoms with Crippen molar-refractivity contribution in [3.63, 3.8) is 0 Å². The van der Waals surface area contributed by atoms with E-state index >= 15 is 0 Å². The van der Waals surface area contributed by atoms with Crippen LogP contribution in [-0.2, 0) is 0 Å². The number of phenolic OH excluding ortho intramolecular Hbond substituents is 1. The molecule has 3 heteroatoms. The van der Waals surface area contributed by atoms with Gasteiger partial charge in [-0.3, -0.25) is 4.98 Å². The molecular weight excluding hydrogens is 176 g/mol. The minimum atomic E-state index is -0.0336. The molecule has 0 unspecified atom stereocenters. The van der Waals surface area contributed by atoms with E-state index in [1.807, 2.05) is 19.1 Å². The number of rotatable bonds is 0. The smallest absolute Gasteiger partial charge is 0.159 e. The molecule has 1 N–H and O–H groups in total. The number of phenols is 1. The number of pyridine rings is 1. The third-order valence-corrected chi connectivity index (χ3v) is 2.22. The quantitative estimate of drug-likeness (QED) is 0.682. The van der Waals surface area contributed by atoms with Crippen molar-refractivity contribution in [3.05, 3.63) is 35.5 Å². The maximum atomic E-state index is 9.69. The molecule has 0 bridgehead atoms. The minimum absolute atomic E-state index is 0.0336. The molecule has 68 valence electrons. The Kier molecular flexibility index (Phi) is 1.83. The van der Waals surface area contributed by atoms with E-state index in [0.717, 1.165) is 10.9 Å². The van der Waals surface area contributed by atoms with Crippen LogP contribution in [0, 0.1) is 18.3 Å². The lowest BCUT2D eigenvalue weighted by Gasteiger charge is -2.03. The predicted octanol–water partition coefficient (Wildman–Crippen LogP) is 2.12. The van der Waals surface area contributed by atoms with Gasteiger partial charge >= 0.3 is 0 Å². The molecular formula is C11H8N2O. The van der Waals surface area contributed by atoms with Crippen LogP contribution in [0.15, 0.2) is 24.4 Å². The second-order valence-corrected chi connectivity index (χ2v) is 3.10. The molecule has 0 spiro atoms. The Labute approximate surface area is 81.2 Å². The summed E-state index contributed by atoms with van der Waals surface area (Å²) in [7, 11) is 0. The number of aromatic nitrogens is 1. The molecule has 0 saturated heterocycles. The van der Waals surface area contributed by atoms with Crippen LogP contribution >= 0.6 is 0 Å². The van der Waals surface area contributed by atoms with Gasteiger partial charge in [0.1, 0.15) is 11.6 Å². The molecule has 1 aromatic carbocycles. The summed E-state index contributed by atoms with van der Waals surface area (Å²) in [5.74, 6) is -0.0336. The fourth-order valence-corrected chi connectivity index (χ4v) is 1.43. The van der Waals surface area contributed by atoms with Crippen LogP contribution in [0.25, 0.3) is 10.9 Å². The standard InChI is InChI=1S/C11H8N2O/c1-7-4-5-13-10-9(7)3-2-8(6-12)11(10)14/h2-5,14H,1H3. The molecule has 2 rings (SSSR count). The van der Waals surface area contributed by atoms with Crippen LogP contribution < -0.4 is 0 Å². The first-order chi connectivity index (χ1) is 6.74. The third kappa shape index (κ3) is 1.09. The van der Waals surface area contributed by atoms with Crippen molar-refractivity contribution in [3.8, 4) is 11.8 Å². The monoisotopic (exact) mass is 184 g/mol. The highest BCUT2D eigenvalue weighted by Crippen LogP contribution is 2.27. The summed E-state index contributed by atoms with van der Waals surface area (Å²) in [5.41, 5.74) is 1.79. The van der Waals surface area contributed by atoms with Crippen molar-refractivity contribution < 1.29 is 5.11 Å². The van der Waals surface area contributed by atoms with Gasteiger partial charge in [-0.05, 0) is 24.6 Å². The molecule has 3 nitrogen and oxygen atoms in total. The van der Waals surface area contributed by atoms with E-state index in [4.69, 9.17) is 5.26 Å². The molecule has 2 aromatic rings. The highest BCUT2D eigenvalue weighted by molar-refractivity contribution is 5.88. The Morgan fingerprint density at radius 3 is 2.86 bits per heavy atom. The van der Waals surface area contributed by atoms with Crippen molar-refractivity contribution in [2.24, 2.45) is 0 Å². The normalized spacial score (nSPS) is 10.0. The topological polar surface area (TPSA) is 56.9 Å². The van der Waals surface area contributed by atoms with Crippen LogP contribution in [0.3, 0.4) is 0 Å². The van der Waals surface area contributed by atoms with Crippen molar-refractivity contribution >= 4 is 10.9 Å². The summed E-state index contributed by atoms with van der Waals surface area (Å²) in [6.07, 6.45) is 1.62. The van der Waals surface area contributed by atoms with Crippen LogP contribution in [0.1, 0.15) is 11.1 Å². The molecule has 0 fully saturated rings. The van der Waals surface area contributed by atoms with Crippen LogP contribution in [0.5, 0.6) is 5.75 Å². The predicted molar refractivity (Wildman–Crippen MR) is 52.9 cm³/mol. The van der Waals surface area contributed by atoms with Gasteiger partial charge in [-0.25, -0.2) is 0 Å². The Morgan fingerprint density at radius 2 is 2.14 bits per heavy atom. The number of aryl methyl sites for hydroxylation is 1. The maximum Gasteiger partial charge on any atom is 0.159 e. The minimum Gasteiger partial charge on any atom is -0.504 e. The van der Waals surface area contributed by atoms with Gasteiger partial charge in [-0.15, -0.1) is 0 Å². The average molecular weight is 184 g/mol. The summed E-state index contributed by atoms with van der Waals surface area (Å²) >= 11 is 0. The third-order valence-electron chi connectivity index (χ3n) is 2.22. The first-order valence-electron chi connectivity index (χ1n) is 4.21. The summed E-state index contributed by atoms with van der Waals surface area (Å²) in [6, 6.07) is 7.19.